The number of benzene rings is 8. The summed E-state index contributed by atoms with van der Waals surface area (Å²) in [6.07, 6.45) is 29.9. The molecule has 2 unspecified atom stereocenters. The monoisotopic (exact) mass is 1090 g/mol. The predicted octanol–water partition coefficient (Wildman–Crippen LogP) is 18.2. The topological polar surface area (TPSA) is 12.5 Å². The first kappa shape index (κ1) is 53.2. The van der Waals surface area contributed by atoms with Gasteiger partial charge in [-0.3, -0.25) is 0 Å². The molecule has 4 nitrogen and oxygen atoms in total. The van der Waals surface area contributed by atoms with Gasteiger partial charge in [-0.25, -0.2) is 0 Å². The highest BCUT2D eigenvalue weighted by Crippen LogP contribution is 2.59. The van der Waals surface area contributed by atoms with Gasteiger partial charge in [0.25, 0.3) is 0 Å². The second kappa shape index (κ2) is 20.5. The maximum atomic E-state index is 2.55. The van der Waals surface area contributed by atoms with Crippen molar-refractivity contribution in [3.05, 3.63) is 261 Å². The van der Waals surface area contributed by atoms with Crippen LogP contribution in [-0.4, -0.2) is 48.8 Å². The van der Waals surface area contributed by atoms with Crippen LogP contribution < -0.4 is 9.80 Å². The van der Waals surface area contributed by atoms with E-state index in [1.165, 1.54) is 176 Å². The third-order valence-electron chi connectivity index (χ3n) is 21.5. The van der Waals surface area contributed by atoms with Crippen LogP contribution in [0.25, 0.3) is 21.5 Å². The number of fused-ring (bicyclic) bond motifs is 10. The first-order valence-corrected chi connectivity index (χ1v) is 31.2. The number of hydrogen-bond acceptors (Lipinski definition) is 2. The number of anilines is 2. The van der Waals surface area contributed by atoms with E-state index in [0.717, 1.165) is 19.3 Å². The summed E-state index contributed by atoms with van der Waals surface area (Å²) in [5, 5.41) is 5.53. The molecule has 2 saturated carbocycles. The van der Waals surface area contributed by atoms with Gasteiger partial charge in [-0.2, -0.15) is 9.15 Å². The van der Waals surface area contributed by atoms with E-state index < -0.39 is 0 Å². The molecule has 2 atom stereocenters. The van der Waals surface area contributed by atoms with Crippen LogP contribution in [0.15, 0.2) is 206 Å². The summed E-state index contributed by atoms with van der Waals surface area (Å²) < 4.78 is 5.05. The van der Waals surface area contributed by atoms with Gasteiger partial charge in [-0.15, -0.1) is 0 Å². The Morgan fingerprint density at radius 2 is 0.843 bits per heavy atom. The van der Waals surface area contributed by atoms with Crippen molar-refractivity contribution in [2.75, 3.05) is 38.0 Å². The summed E-state index contributed by atoms with van der Waals surface area (Å²) in [5.41, 5.74) is 24.7. The second-order valence-electron chi connectivity index (χ2n) is 26.2. The number of hydrogen-bond donors (Lipinski definition) is 0. The number of allylic oxidation sites excluding steroid dienone is 8. The minimum atomic E-state index is -0.235. The van der Waals surface area contributed by atoms with E-state index in [0.29, 0.717) is 0 Å². The molecule has 8 aromatic rings. The molecule has 0 aromatic heterocycles. The predicted molar refractivity (Wildman–Crippen MR) is 351 cm³/mol. The van der Waals surface area contributed by atoms with Crippen molar-refractivity contribution >= 4 is 55.7 Å². The number of likely N-dealkylation sites (N-methyl/N-ethyl adjacent to an activating group) is 2. The van der Waals surface area contributed by atoms with E-state index in [9.17, 15) is 0 Å². The van der Waals surface area contributed by atoms with Crippen LogP contribution >= 0.6 is 0 Å². The van der Waals surface area contributed by atoms with Gasteiger partial charge in [0.2, 0.25) is 11.4 Å². The van der Waals surface area contributed by atoms with Crippen LogP contribution in [0.2, 0.25) is 0 Å². The fraction of sp³-hybridized carbons (Fsp3) is 0.316. The van der Waals surface area contributed by atoms with Crippen molar-refractivity contribution in [1.29, 1.82) is 0 Å². The van der Waals surface area contributed by atoms with Crippen LogP contribution in [0.4, 0.5) is 22.7 Å². The minimum absolute atomic E-state index is 0.0236. The van der Waals surface area contributed by atoms with E-state index in [1.54, 1.807) is 11.1 Å². The van der Waals surface area contributed by atoms with E-state index in [-0.39, 0.29) is 21.7 Å². The van der Waals surface area contributed by atoms with Gasteiger partial charge in [0, 0.05) is 83.1 Å². The van der Waals surface area contributed by atoms with Gasteiger partial charge < -0.3 is 9.80 Å². The lowest BCUT2D eigenvalue weighted by Crippen LogP contribution is -2.33. The molecule has 0 amide bonds. The summed E-state index contributed by atoms with van der Waals surface area (Å²) in [4.78, 5) is 5.04. The highest BCUT2D eigenvalue weighted by atomic mass is 15.2. The lowest BCUT2D eigenvalue weighted by molar-refractivity contribution is -0.401. The normalized spacial score (nSPS) is 22.5. The Kier molecular flexibility index (Phi) is 13.1. The van der Waals surface area contributed by atoms with E-state index in [4.69, 9.17) is 0 Å². The largest absolute Gasteiger partial charge is 0.347 e. The Bertz CT molecular complexity index is 3850. The first-order chi connectivity index (χ1) is 40.3. The molecule has 6 aliphatic rings. The standard InChI is InChI=1S/C79H82N4/c1-54-47-64-68(82(7)70(76(64,3)52-56-27-13-9-14-28-56)35-25-37-72-78(43-21-11-22-44-78)74-62-33-19-17-31-58(62)39-41-66(74)80(72)5)50-60(54)49-61-51-69-65(48-55(61)2)77(4,53-57-29-15-10-16-30-57)71(83(69)8)36-26-38-73-79(45-23-12-24-46-79)75-63-34-20-18-32-59(63)40-42-67(75)81(73)6/h9-10,13-20,25-42,47-48,50-51H,11-12,21-24,43-46,49,52-53H2,1-8H3/q+2. The second-order valence-corrected chi connectivity index (χ2v) is 26.2. The Labute approximate surface area is 494 Å². The van der Waals surface area contributed by atoms with Crippen LogP contribution in [0.1, 0.15) is 134 Å². The van der Waals surface area contributed by atoms with Crippen LogP contribution in [0.3, 0.4) is 0 Å². The number of aryl methyl sites for hydroxylation is 2. The molecule has 4 heteroatoms. The smallest absolute Gasteiger partial charge is 0.209 e. The molecular weight excluding hydrogens is 1000 g/mol. The third-order valence-corrected chi connectivity index (χ3v) is 21.5. The van der Waals surface area contributed by atoms with Crippen molar-refractivity contribution in [3.63, 3.8) is 0 Å². The first-order valence-electron chi connectivity index (χ1n) is 31.2. The molecule has 14 rings (SSSR count). The maximum Gasteiger partial charge on any atom is 0.209 e. The quantitative estimate of drug-likeness (QED) is 0.127. The molecule has 2 aliphatic carbocycles. The van der Waals surface area contributed by atoms with Gasteiger partial charge in [-0.1, -0.05) is 172 Å². The summed E-state index contributed by atoms with van der Waals surface area (Å²) in [6, 6.07) is 60.1. The summed E-state index contributed by atoms with van der Waals surface area (Å²) in [6.45, 7) is 9.70. The summed E-state index contributed by atoms with van der Waals surface area (Å²) in [7, 11) is 9.25. The third kappa shape index (κ3) is 8.42. The zero-order valence-corrected chi connectivity index (χ0v) is 50.5. The average molecular weight is 1090 g/mol. The molecule has 8 aromatic carbocycles. The maximum absolute atomic E-state index is 2.55. The van der Waals surface area contributed by atoms with Crippen LogP contribution in [-0.2, 0) is 40.9 Å². The van der Waals surface area contributed by atoms with Gasteiger partial charge in [0.05, 0.1) is 10.8 Å². The zero-order chi connectivity index (χ0) is 56.8. The van der Waals surface area contributed by atoms with Gasteiger partial charge in [0.1, 0.15) is 14.1 Å². The highest BCUT2D eigenvalue weighted by Gasteiger charge is 2.51. The van der Waals surface area contributed by atoms with Gasteiger partial charge in [0.15, 0.2) is 11.4 Å². The molecule has 2 fully saturated rings. The lowest BCUT2D eigenvalue weighted by Gasteiger charge is -2.36. The summed E-state index contributed by atoms with van der Waals surface area (Å²) in [5.74, 6) is 0. The van der Waals surface area contributed by atoms with Crippen LogP contribution in [0.5, 0.6) is 0 Å². The lowest BCUT2D eigenvalue weighted by atomic mass is 9.67. The van der Waals surface area contributed by atoms with Crippen molar-refractivity contribution < 1.29 is 9.15 Å². The molecule has 4 heterocycles. The molecule has 0 bridgehead atoms. The van der Waals surface area contributed by atoms with Crippen molar-refractivity contribution in [3.8, 4) is 0 Å². The molecule has 0 N–H and O–H groups in total. The molecular formula is C79H82N4+2. The highest BCUT2D eigenvalue weighted by molar-refractivity contribution is 6.05. The van der Waals surface area contributed by atoms with E-state index in [1.807, 2.05) is 0 Å². The Morgan fingerprint density at radius 1 is 0.458 bits per heavy atom. The zero-order valence-electron chi connectivity index (χ0n) is 50.5. The molecule has 416 valence electrons. The Hall–Kier alpha value is -7.82. The summed E-state index contributed by atoms with van der Waals surface area (Å²) >= 11 is 0. The molecule has 83 heavy (non-hydrogen) atoms. The molecule has 4 aliphatic heterocycles. The van der Waals surface area contributed by atoms with E-state index >= 15 is 0 Å². The number of nitrogens with zero attached hydrogens (tertiary/aromatic N) is 4. The molecule has 0 radical (unpaired) electrons. The van der Waals surface area contributed by atoms with Crippen molar-refractivity contribution in [2.45, 2.75) is 133 Å². The minimum Gasteiger partial charge on any atom is -0.347 e. The van der Waals surface area contributed by atoms with Crippen LogP contribution in [0, 0.1) is 13.8 Å². The molecule has 2 spiro atoms. The average Bonchev–Trinajstić information content (AvgIpc) is 2.18. The van der Waals surface area contributed by atoms with Crippen molar-refractivity contribution in [1.82, 2.24) is 0 Å². The van der Waals surface area contributed by atoms with Gasteiger partial charge >= 0.3 is 0 Å². The fourth-order valence-corrected chi connectivity index (χ4v) is 17.3. The fourth-order valence-electron chi connectivity index (χ4n) is 17.3. The Morgan fingerprint density at radius 3 is 1.25 bits per heavy atom. The van der Waals surface area contributed by atoms with Gasteiger partial charge in [-0.05, 0) is 175 Å². The SMILES string of the molecule is Cc1cc2c(cc1Cc1cc3c(cc1C)C(C)(Cc1ccccc1)C(/C=C/C=C1/N(C)c4ccc5ccccc5c4C14CCCCC4)=[N+]3C)[N+](C)=C(/C=C/C=C1/N(C)c3ccc4ccccc4c3C13CCCCC3)C2(C)Cc1ccccc1. The number of rotatable bonds is 10. The molecule has 0 saturated heterocycles. The van der Waals surface area contributed by atoms with E-state index in [2.05, 4.69) is 269 Å². The Balaban J connectivity index is 0.826. The van der Waals surface area contributed by atoms with Crippen molar-refractivity contribution in [2.24, 2.45) is 0 Å².